The Morgan fingerprint density at radius 3 is 2.47 bits per heavy atom. The number of aromatic amines is 1. The van der Waals surface area contributed by atoms with Gasteiger partial charge in [-0.1, -0.05) is 43.0 Å². The number of carbonyl (C=O) groups excluding carboxylic acids is 1. The number of H-pyrrole nitrogens is 1. The maximum Gasteiger partial charge on any atom is 0.280 e. The minimum Gasteiger partial charge on any atom is -0.322 e. The number of nitrogens with zero attached hydrogens (tertiary/aromatic N) is 3. The minimum atomic E-state index is -0.386. The van der Waals surface area contributed by atoms with Crippen LogP contribution in [0, 0.1) is 0 Å². The molecule has 0 aliphatic heterocycles. The lowest BCUT2D eigenvalue weighted by atomic mass is 10.1. The van der Waals surface area contributed by atoms with Gasteiger partial charge in [0.2, 0.25) is 0 Å². The number of carbonyl (C=O) groups is 1. The van der Waals surface area contributed by atoms with Gasteiger partial charge >= 0.3 is 0 Å². The summed E-state index contributed by atoms with van der Waals surface area (Å²) in [5, 5.41) is 6.31. The van der Waals surface area contributed by atoms with E-state index in [0.29, 0.717) is 33.5 Å². The highest BCUT2D eigenvalue weighted by molar-refractivity contribution is 6.26. The summed E-state index contributed by atoms with van der Waals surface area (Å²) in [6, 6.07) is 18.3. The van der Waals surface area contributed by atoms with Crippen LogP contribution in [0.2, 0.25) is 0 Å². The van der Waals surface area contributed by atoms with E-state index in [-0.39, 0.29) is 17.0 Å². The fourth-order valence-corrected chi connectivity index (χ4v) is 3.18. The van der Waals surface area contributed by atoms with Crippen LogP contribution in [0.3, 0.4) is 0 Å². The van der Waals surface area contributed by atoms with Crippen LogP contribution in [0.1, 0.15) is 11.3 Å². The minimum absolute atomic E-state index is 0.170. The first-order valence-corrected chi connectivity index (χ1v) is 9.27. The van der Waals surface area contributed by atoms with Gasteiger partial charge in [-0.2, -0.15) is 0 Å². The van der Waals surface area contributed by atoms with Crippen LogP contribution >= 0.6 is 0 Å². The van der Waals surface area contributed by atoms with Gasteiger partial charge in [0.15, 0.2) is 0 Å². The molecule has 1 amide bonds. The molecule has 0 radical (unpaired) electrons. The van der Waals surface area contributed by atoms with Gasteiger partial charge in [-0.05, 0) is 24.3 Å². The third kappa shape index (κ3) is 3.44. The van der Waals surface area contributed by atoms with E-state index in [1.54, 1.807) is 25.4 Å². The lowest BCUT2D eigenvalue weighted by Crippen LogP contribution is -2.15. The van der Waals surface area contributed by atoms with Crippen molar-refractivity contribution in [2.45, 2.75) is 0 Å². The lowest BCUT2D eigenvalue weighted by molar-refractivity contribution is -0.111. The summed E-state index contributed by atoms with van der Waals surface area (Å²) in [7, 11) is 1.61. The van der Waals surface area contributed by atoms with Gasteiger partial charge in [0.25, 0.3) is 11.5 Å². The number of para-hydroxylation sites is 2. The van der Waals surface area contributed by atoms with Gasteiger partial charge in [0.1, 0.15) is 0 Å². The van der Waals surface area contributed by atoms with Crippen molar-refractivity contribution in [3.05, 3.63) is 95.1 Å². The Bertz CT molecular complexity index is 1320. The van der Waals surface area contributed by atoms with Crippen LogP contribution in [0.5, 0.6) is 0 Å². The number of amides is 1. The summed E-state index contributed by atoms with van der Waals surface area (Å²) in [6.07, 6.45) is 3.02. The van der Waals surface area contributed by atoms with E-state index in [9.17, 15) is 9.59 Å². The zero-order valence-electron chi connectivity index (χ0n) is 16.3. The monoisotopic (exact) mass is 397 g/mol. The molecule has 7 heteroatoms. The summed E-state index contributed by atoms with van der Waals surface area (Å²) in [5.74, 6) is -0.386. The summed E-state index contributed by atoms with van der Waals surface area (Å²) >= 11 is 0. The van der Waals surface area contributed by atoms with E-state index >= 15 is 0 Å². The molecule has 2 N–H and O–H groups in total. The van der Waals surface area contributed by atoms with Crippen LogP contribution in [0.4, 0.5) is 5.69 Å². The van der Waals surface area contributed by atoms with Crippen molar-refractivity contribution >= 4 is 34.3 Å². The SMILES string of the molecule is C=C(C(=O)Nc1ccccc1)c1ncc2c(=O)n(-c3ccccc3)[nH]c2c1C=NC. The molecule has 148 valence electrons. The summed E-state index contributed by atoms with van der Waals surface area (Å²) < 4.78 is 1.44. The van der Waals surface area contributed by atoms with Crippen molar-refractivity contribution in [1.29, 1.82) is 0 Å². The summed E-state index contributed by atoms with van der Waals surface area (Å²) in [4.78, 5) is 34.1. The first-order chi connectivity index (χ1) is 14.6. The number of aromatic nitrogens is 3. The van der Waals surface area contributed by atoms with Crippen LogP contribution in [-0.2, 0) is 4.79 Å². The highest BCUT2D eigenvalue weighted by atomic mass is 16.1. The number of pyridine rings is 1. The first-order valence-electron chi connectivity index (χ1n) is 9.27. The van der Waals surface area contributed by atoms with Gasteiger partial charge in [-0.15, -0.1) is 0 Å². The van der Waals surface area contributed by atoms with Gasteiger partial charge in [-0.3, -0.25) is 24.7 Å². The zero-order valence-corrected chi connectivity index (χ0v) is 16.3. The quantitative estimate of drug-likeness (QED) is 0.399. The van der Waals surface area contributed by atoms with Crippen molar-refractivity contribution < 1.29 is 4.79 Å². The van der Waals surface area contributed by atoms with Crippen molar-refractivity contribution in [2.75, 3.05) is 12.4 Å². The highest BCUT2D eigenvalue weighted by Gasteiger charge is 2.20. The van der Waals surface area contributed by atoms with Gasteiger partial charge in [0, 0.05) is 30.7 Å². The molecule has 4 aromatic rings. The van der Waals surface area contributed by atoms with E-state index in [1.807, 2.05) is 48.5 Å². The van der Waals surface area contributed by atoms with E-state index in [2.05, 4.69) is 27.0 Å². The van der Waals surface area contributed by atoms with Gasteiger partial charge < -0.3 is 5.32 Å². The summed E-state index contributed by atoms with van der Waals surface area (Å²) in [5.41, 5.74) is 2.69. The average molecular weight is 397 g/mol. The zero-order chi connectivity index (χ0) is 21.1. The standard InChI is InChI=1S/C23H19N5O2/c1-15(22(29)26-16-9-5-3-6-10-16)20-18(13-24-2)21-19(14-25-20)23(30)28(27-21)17-11-7-4-8-12-17/h3-14,27H,1H2,2H3,(H,26,29). The fraction of sp³-hybridized carbons (Fsp3) is 0.0435. The topological polar surface area (TPSA) is 92.1 Å². The number of hydrogen-bond acceptors (Lipinski definition) is 4. The molecule has 0 fully saturated rings. The maximum atomic E-state index is 12.9. The Morgan fingerprint density at radius 2 is 1.80 bits per heavy atom. The average Bonchev–Trinajstić information content (AvgIpc) is 3.12. The number of nitrogens with one attached hydrogen (secondary N) is 2. The second kappa shape index (κ2) is 8.00. The molecule has 0 saturated heterocycles. The predicted molar refractivity (Wildman–Crippen MR) is 119 cm³/mol. The van der Waals surface area contributed by atoms with Crippen molar-refractivity contribution in [2.24, 2.45) is 4.99 Å². The third-order valence-corrected chi connectivity index (χ3v) is 4.64. The number of fused-ring (bicyclic) bond motifs is 1. The normalized spacial score (nSPS) is 11.1. The largest absolute Gasteiger partial charge is 0.322 e. The molecule has 0 spiro atoms. The first kappa shape index (κ1) is 19.1. The van der Waals surface area contributed by atoms with E-state index < -0.39 is 0 Å². The number of benzene rings is 2. The van der Waals surface area contributed by atoms with Crippen molar-refractivity contribution in [1.82, 2.24) is 14.8 Å². The van der Waals surface area contributed by atoms with E-state index in [4.69, 9.17) is 0 Å². The third-order valence-electron chi connectivity index (χ3n) is 4.64. The van der Waals surface area contributed by atoms with Gasteiger partial charge in [-0.25, -0.2) is 4.68 Å². The van der Waals surface area contributed by atoms with Gasteiger partial charge in [0.05, 0.1) is 27.9 Å². The number of rotatable bonds is 5. The van der Waals surface area contributed by atoms with Crippen molar-refractivity contribution in [3.8, 4) is 5.69 Å². The molecule has 2 aromatic heterocycles. The molecule has 2 heterocycles. The molecule has 4 rings (SSSR count). The molecule has 7 nitrogen and oxygen atoms in total. The van der Waals surface area contributed by atoms with Crippen LogP contribution in [0.15, 0.2) is 83.2 Å². The van der Waals surface area contributed by atoms with E-state index in [0.717, 1.165) is 0 Å². The number of aliphatic imine (C=N–C) groups is 1. The molecule has 2 aromatic carbocycles. The second-order valence-electron chi connectivity index (χ2n) is 6.58. The molecular weight excluding hydrogens is 378 g/mol. The Kier molecular flexibility index (Phi) is 5.09. The molecule has 0 aliphatic carbocycles. The molecular formula is C23H19N5O2. The number of anilines is 1. The smallest absolute Gasteiger partial charge is 0.280 e. The second-order valence-corrected chi connectivity index (χ2v) is 6.58. The fourth-order valence-electron chi connectivity index (χ4n) is 3.18. The Hall–Kier alpha value is -4.26. The maximum absolute atomic E-state index is 12.9. The van der Waals surface area contributed by atoms with Crippen LogP contribution in [0.25, 0.3) is 22.2 Å². The molecule has 30 heavy (non-hydrogen) atoms. The molecule has 0 saturated carbocycles. The van der Waals surface area contributed by atoms with Crippen LogP contribution < -0.4 is 10.9 Å². The van der Waals surface area contributed by atoms with E-state index in [1.165, 1.54) is 10.9 Å². The Balaban J connectivity index is 1.81. The van der Waals surface area contributed by atoms with Crippen LogP contribution in [-0.4, -0.2) is 33.9 Å². The highest BCUT2D eigenvalue weighted by Crippen LogP contribution is 2.23. The predicted octanol–water partition coefficient (Wildman–Crippen LogP) is 3.41. The number of hydrogen-bond donors (Lipinski definition) is 2. The Morgan fingerprint density at radius 1 is 1.13 bits per heavy atom. The Labute approximate surface area is 172 Å². The lowest BCUT2D eigenvalue weighted by Gasteiger charge is -2.10. The van der Waals surface area contributed by atoms with Crippen molar-refractivity contribution in [3.63, 3.8) is 0 Å². The molecule has 0 aliphatic rings. The summed E-state index contributed by atoms with van der Waals surface area (Å²) in [6.45, 7) is 3.92. The molecule has 0 atom stereocenters. The molecule has 0 bridgehead atoms. The molecule has 0 unspecified atom stereocenters.